The molecule has 118 valence electrons. The summed E-state index contributed by atoms with van der Waals surface area (Å²) in [6.07, 6.45) is 4.88. The van der Waals surface area contributed by atoms with Gasteiger partial charge in [-0.1, -0.05) is 13.8 Å². The van der Waals surface area contributed by atoms with E-state index in [-0.39, 0.29) is 5.91 Å². The lowest BCUT2D eigenvalue weighted by atomic mass is 10.0. The van der Waals surface area contributed by atoms with Crippen LogP contribution in [0.4, 0.5) is 0 Å². The fourth-order valence-corrected chi connectivity index (χ4v) is 2.66. The Morgan fingerprint density at radius 3 is 2.30 bits per heavy atom. The lowest BCUT2D eigenvalue weighted by Crippen LogP contribution is -2.47. The third kappa shape index (κ3) is 6.71. The number of likely N-dealkylation sites (N-methyl/N-ethyl adjacent to an activating group) is 1. The van der Waals surface area contributed by atoms with Crippen molar-refractivity contribution in [1.29, 1.82) is 0 Å². The summed E-state index contributed by atoms with van der Waals surface area (Å²) in [6.45, 7) is 9.51. The average molecular weight is 283 g/mol. The first kappa shape index (κ1) is 17.4. The molecule has 1 aliphatic heterocycles. The molecule has 0 aromatic carbocycles. The number of amides is 1. The van der Waals surface area contributed by atoms with E-state index >= 15 is 0 Å². The number of carbonyl (C=O) groups is 1. The Hall–Kier alpha value is -0.610. The number of carbonyl (C=O) groups excluding carboxylic acids is 1. The zero-order valence-corrected chi connectivity index (χ0v) is 14.0. The Kier molecular flexibility index (Phi) is 7.52. The van der Waals surface area contributed by atoms with Gasteiger partial charge in [-0.25, -0.2) is 0 Å². The Labute approximate surface area is 124 Å². The van der Waals surface area contributed by atoms with Gasteiger partial charge < -0.3 is 10.2 Å². The lowest BCUT2D eigenvalue weighted by Gasteiger charge is -2.34. The Bertz CT molecular complexity index is 283. The van der Waals surface area contributed by atoms with Crippen LogP contribution in [-0.2, 0) is 4.79 Å². The van der Waals surface area contributed by atoms with Crippen LogP contribution in [0, 0.1) is 5.92 Å². The molecule has 1 atom stereocenters. The van der Waals surface area contributed by atoms with Gasteiger partial charge >= 0.3 is 0 Å². The van der Waals surface area contributed by atoms with Crippen LogP contribution in [0.5, 0.6) is 0 Å². The molecule has 20 heavy (non-hydrogen) atoms. The van der Waals surface area contributed by atoms with Crippen molar-refractivity contribution < 1.29 is 4.79 Å². The maximum Gasteiger partial charge on any atom is 0.236 e. The van der Waals surface area contributed by atoms with Gasteiger partial charge in [0.05, 0.1) is 6.54 Å². The van der Waals surface area contributed by atoms with E-state index in [1.807, 2.05) is 14.1 Å². The molecule has 1 aliphatic rings. The quantitative estimate of drug-likeness (QED) is 0.776. The van der Waals surface area contributed by atoms with Crippen LogP contribution in [0.2, 0.25) is 0 Å². The molecule has 1 fully saturated rings. The van der Waals surface area contributed by atoms with Gasteiger partial charge in [-0.3, -0.25) is 9.69 Å². The molecule has 0 aromatic heterocycles. The van der Waals surface area contributed by atoms with Crippen molar-refractivity contribution in [3.63, 3.8) is 0 Å². The molecular weight excluding hydrogens is 250 g/mol. The van der Waals surface area contributed by atoms with E-state index in [2.05, 4.69) is 31.0 Å². The summed E-state index contributed by atoms with van der Waals surface area (Å²) in [5.74, 6) is 1.000. The van der Waals surface area contributed by atoms with Gasteiger partial charge in [0.2, 0.25) is 5.91 Å². The van der Waals surface area contributed by atoms with Crippen LogP contribution >= 0.6 is 0 Å². The summed E-state index contributed by atoms with van der Waals surface area (Å²) < 4.78 is 0. The highest BCUT2D eigenvalue weighted by Crippen LogP contribution is 2.13. The van der Waals surface area contributed by atoms with Crippen molar-refractivity contribution in [1.82, 2.24) is 15.1 Å². The molecule has 1 saturated heterocycles. The van der Waals surface area contributed by atoms with E-state index in [1.165, 1.54) is 12.8 Å². The first-order chi connectivity index (χ1) is 9.38. The molecule has 1 N–H and O–H groups in total. The number of piperidine rings is 1. The van der Waals surface area contributed by atoms with E-state index in [1.54, 1.807) is 4.90 Å². The Morgan fingerprint density at radius 2 is 1.80 bits per heavy atom. The zero-order chi connectivity index (χ0) is 15.1. The van der Waals surface area contributed by atoms with Crippen LogP contribution in [0.25, 0.3) is 0 Å². The number of rotatable bonds is 7. The maximum absolute atomic E-state index is 11.7. The number of nitrogens with zero attached hydrogens (tertiary/aromatic N) is 2. The summed E-state index contributed by atoms with van der Waals surface area (Å²) in [6, 6.07) is 1.24. The lowest BCUT2D eigenvalue weighted by molar-refractivity contribution is -0.130. The Morgan fingerprint density at radius 1 is 1.20 bits per heavy atom. The second-order valence-electron chi connectivity index (χ2n) is 6.88. The normalized spacial score (nSPS) is 19.3. The van der Waals surface area contributed by atoms with Gasteiger partial charge in [0.25, 0.3) is 0 Å². The van der Waals surface area contributed by atoms with Crippen molar-refractivity contribution in [3.05, 3.63) is 0 Å². The first-order valence-corrected chi connectivity index (χ1v) is 8.07. The van der Waals surface area contributed by atoms with Crippen LogP contribution in [-0.4, -0.2) is 61.5 Å². The first-order valence-electron chi connectivity index (χ1n) is 8.07. The molecule has 0 aromatic rings. The van der Waals surface area contributed by atoms with Crippen molar-refractivity contribution >= 4 is 5.91 Å². The molecule has 1 unspecified atom stereocenters. The van der Waals surface area contributed by atoms with Gasteiger partial charge in [-0.15, -0.1) is 0 Å². The van der Waals surface area contributed by atoms with Crippen molar-refractivity contribution in [2.75, 3.05) is 33.7 Å². The second-order valence-corrected chi connectivity index (χ2v) is 6.88. The highest BCUT2D eigenvalue weighted by Gasteiger charge is 2.22. The molecule has 0 saturated carbocycles. The summed E-state index contributed by atoms with van der Waals surface area (Å²) in [4.78, 5) is 15.6. The van der Waals surface area contributed by atoms with E-state index < -0.39 is 0 Å². The largest absolute Gasteiger partial charge is 0.348 e. The predicted octanol–water partition coefficient (Wildman–Crippen LogP) is 1.95. The molecule has 0 radical (unpaired) electrons. The highest BCUT2D eigenvalue weighted by molar-refractivity contribution is 5.77. The van der Waals surface area contributed by atoms with Gasteiger partial charge in [-0.05, 0) is 38.5 Å². The molecular formula is C16H33N3O. The number of hydrogen-bond acceptors (Lipinski definition) is 3. The topological polar surface area (TPSA) is 35.6 Å². The van der Waals surface area contributed by atoms with Gasteiger partial charge in [0, 0.05) is 39.3 Å². The van der Waals surface area contributed by atoms with Gasteiger partial charge in [0.1, 0.15) is 0 Å². The van der Waals surface area contributed by atoms with Crippen molar-refractivity contribution in [2.24, 2.45) is 5.92 Å². The third-order valence-electron chi connectivity index (χ3n) is 4.14. The molecule has 4 nitrogen and oxygen atoms in total. The standard InChI is InChI=1S/C16H33N3O/c1-13(2)6-7-14(3)17-15-8-10-19(11-9-15)12-16(20)18(4)5/h13-15,17H,6-12H2,1-5H3. The zero-order valence-electron chi connectivity index (χ0n) is 14.0. The number of nitrogens with one attached hydrogen (secondary N) is 1. The van der Waals surface area contributed by atoms with E-state index in [9.17, 15) is 4.79 Å². The molecule has 4 heteroatoms. The fraction of sp³-hybridized carbons (Fsp3) is 0.938. The van der Waals surface area contributed by atoms with E-state index in [0.29, 0.717) is 18.6 Å². The Balaban J connectivity index is 2.20. The summed E-state index contributed by atoms with van der Waals surface area (Å²) in [7, 11) is 3.65. The smallest absolute Gasteiger partial charge is 0.236 e. The monoisotopic (exact) mass is 283 g/mol. The SMILES string of the molecule is CC(C)CCC(C)NC1CCN(CC(=O)N(C)C)CC1. The molecule has 0 spiro atoms. The van der Waals surface area contributed by atoms with Gasteiger partial charge in [0.15, 0.2) is 0 Å². The van der Waals surface area contributed by atoms with E-state index in [4.69, 9.17) is 0 Å². The number of likely N-dealkylation sites (tertiary alicyclic amines) is 1. The van der Waals surface area contributed by atoms with E-state index in [0.717, 1.165) is 31.8 Å². The fourth-order valence-electron chi connectivity index (χ4n) is 2.66. The third-order valence-corrected chi connectivity index (χ3v) is 4.14. The van der Waals surface area contributed by atoms with Crippen LogP contribution in [0.3, 0.4) is 0 Å². The molecule has 1 heterocycles. The minimum absolute atomic E-state index is 0.210. The second kappa shape index (κ2) is 8.63. The molecule has 1 rings (SSSR count). The molecule has 0 aliphatic carbocycles. The minimum atomic E-state index is 0.210. The average Bonchev–Trinajstić information content (AvgIpc) is 2.38. The van der Waals surface area contributed by atoms with Crippen LogP contribution in [0.15, 0.2) is 0 Å². The van der Waals surface area contributed by atoms with Gasteiger partial charge in [-0.2, -0.15) is 0 Å². The highest BCUT2D eigenvalue weighted by atomic mass is 16.2. The number of hydrogen-bond donors (Lipinski definition) is 1. The maximum atomic E-state index is 11.7. The molecule has 1 amide bonds. The van der Waals surface area contributed by atoms with Crippen molar-refractivity contribution in [3.8, 4) is 0 Å². The van der Waals surface area contributed by atoms with Crippen LogP contribution in [0.1, 0.15) is 46.5 Å². The summed E-state index contributed by atoms with van der Waals surface area (Å²) in [5, 5.41) is 3.75. The van der Waals surface area contributed by atoms with Crippen molar-refractivity contribution in [2.45, 2.75) is 58.5 Å². The van der Waals surface area contributed by atoms with Crippen LogP contribution < -0.4 is 5.32 Å². The minimum Gasteiger partial charge on any atom is -0.348 e. The predicted molar refractivity (Wildman–Crippen MR) is 84.8 cm³/mol. The summed E-state index contributed by atoms with van der Waals surface area (Å²) >= 11 is 0. The molecule has 0 bridgehead atoms. The summed E-state index contributed by atoms with van der Waals surface area (Å²) in [5.41, 5.74) is 0.